The molecule has 0 amide bonds. The summed E-state index contributed by atoms with van der Waals surface area (Å²) in [6.45, 7) is 11.5. The molecule has 1 heteroatoms. The van der Waals surface area contributed by atoms with Crippen LogP contribution in [0.5, 0.6) is 0 Å². The quantitative estimate of drug-likeness (QED) is 0.419. The smallest absolute Gasteiger partial charge is 0.0787 e. The predicted molar refractivity (Wildman–Crippen MR) is 138 cm³/mol. The average molecular weight is 449 g/mol. The molecule has 0 aromatic rings. The maximum absolute atomic E-state index is 13.1. The van der Waals surface area contributed by atoms with E-state index in [-0.39, 0.29) is 21.7 Å². The van der Waals surface area contributed by atoms with Crippen molar-refractivity contribution in [3.05, 3.63) is 35.5 Å². The first-order valence-electron chi connectivity index (χ1n) is 14.5. The molecule has 4 unspecified atom stereocenters. The van der Waals surface area contributed by atoms with E-state index in [9.17, 15) is 5.11 Å². The highest BCUT2D eigenvalue weighted by Gasteiger charge is 2.72. The summed E-state index contributed by atoms with van der Waals surface area (Å²) in [5, 5.41) is 13.1. The van der Waals surface area contributed by atoms with E-state index in [0.717, 1.165) is 0 Å². The summed E-state index contributed by atoms with van der Waals surface area (Å²) in [6.07, 6.45) is 25.9. The summed E-state index contributed by atoms with van der Waals surface area (Å²) in [5.74, 6) is 1.16. The van der Waals surface area contributed by atoms with Crippen LogP contribution < -0.4 is 0 Å². The Morgan fingerprint density at radius 2 is 1.52 bits per heavy atom. The Kier molecular flexibility index (Phi) is 5.04. The third kappa shape index (κ3) is 2.75. The van der Waals surface area contributed by atoms with Gasteiger partial charge in [0, 0.05) is 0 Å². The summed E-state index contributed by atoms with van der Waals surface area (Å²) in [6, 6.07) is 0. The van der Waals surface area contributed by atoms with Crippen molar-refractivity contribution in [2.24, 2.45) is 33.5 Å². The lowest BCUT2D eigenvalue weighted by molar-refractivity contribution is -0.173. The fourth-order valence-electron chi connectivity index (χ4n) is 11.1. The van der Waals surface area contributed by atoms with Crippen LogP contribution in [0.25, 0.3) is 0 Å². The molecule has 0 radical (unpaired) electrons. The summed E-state index contributed by atoms with van der Waals surface area (Å²) in [4.78, 5) is 0. The molecule has 4 atom stereocenters. The van der Waals surface area contributed by atoms with Crippen LogP contribution in [0.4, 0.5) is 0 Å². The van der Waals surface area contributed by atoms with Crippen molar-refractivity contribution in [2.45, 2.75) is 129 Å². The molecule has 6 aliphatic rings. The number of hydrogen-bond donors (Lipinski definition) is 1. The van der Waals surface area contributed by atoms with Gasteiger partial charge >= 0.3 is 0 Å². The highest BCUT2D eigenvalue weighted by molar-refractivity contribution is 5.41. The molecule has 1 N–H and O–H groups in total. The summed E-state index contributed by atoms with van der Waals surface area (Å²) < 4.78 is 0. The molecule has 3 spiro atoms. The van der Waals surface area contributed by atoms with Gasteiger partial charge in [-0.05, 0) is 124 Å². The van der Waals surface area contributed by atoms with Gasteiger partial charge in [-0.1, -0.05) is 68.1 Å². The Balaban J connectivity index is 1.37. The molecule has 0 heterocycles. The molecule has 0 aliphatic heterocycles. The lowest BCUT2D eigenvalue weighted by Crippen LogP contribution is -2.57. The maximum atomic E-state index is 13.1. The van der Waals surface area contributed by atoms with Crippen molar-refractivity contribution >= 4 is 0 Å². The first-order valence-corrected chi connectivity index (χ1v) is 14.5. The van der Waals surface area contributed by atoms with Gasteiger partial charge < -0.3 is 5.11 Å². The summed E-state index contributed by atoms with van der Waals surface area (Å²) in [7, 11) is 0. The second kappa shape index (κ2) is 7.35. The standard InChI is InChI=1S/C32H48O/c1-23(2)25-10-16-28(4)27(21-25)24(3)9-17-31(28)18-11-26(22-31)32(33)29(12-5-6-13-29)19-20-30(32)14-7-8-15-30/h9,17,25-26,33H,1,5-8,10-16,18-22H2,2-4H3. The van der Waals surface area contributed by atoms with Crippen molar-refractivity contribution in [3.63, 3.8) is 0 Å². The van der Waals surface area contributed by atoms with Gasteiger partial charge in [-0.15, -0.1) is 0 Å². The molecule has 5 saturated carbocycles. The zero-order valence-electron chi connectivity index (χ0n) is 21.8. The van der Waals surface area contributed by atoms with Crippen LogP contribution in [0.2, 0.25) is 0 Å². The van der Waals surface area contributed by atoms with Gasteiger partial charge in [0.1, 0.15) is 0 Å². The SMILES string of the molecule is C=C(C)C1CCC2(C)C(=C(C)C=CC23CCC(C2(O)C4(CCCC4)CCC24CCCC4)C3)C1. The van der Waals surface area contributed by atoms with E-state index in [1.54, 1.807) is 5.57 Å². The Bertz CT molecular complexity index is 867. The topological polar surface area (TPSA) is 20.2 Å². The number of allylic oxidation sites excluding steroid dienone is 5. The van der Waals surface area contributed by atoms with Gasteiger partial charge in [-0.25, -0.2) is 0 Å². The Morgan fingerprint density at radius 3 is 2.09 bits per heavy atom. The van der Waals surface area contributed by atoms with Crippen molar-refractivity contribution < 1.29 is 5.11 Å². The van der Waals surface area contributed by atoms with Gasteiger partial charge in [-0.3, -0.25) is 0 Å². The number of aliphatic hydroxyl groups is 1. The van der Waals surface area contributed by atoms with Gasteiger partial charge in [0.2, 0.25) is 0 Å². The van der Waals surface area contributed by atoms with Crippen LogP contribution in [-0.4, -0.2) is 10.7 Å². The number of rotatable bonds is 2. The maximum Gasteiger partial charge on any atom is 0.0787 e. The molecule has 182 valence electrons. The Morgan fingerprint density at radius 1 is 0.909 bits per heavy atom. The van der Waals surface area contributed by atoms with Gasteiger partial charge in [0.15, 0.2) is 0 Å². The van der Waals surface area contributed by atoms with Gasteiger partial charge in [0.25, 0.3) is 0 Å². The van der Waals surface area contributed by atoms with Crippen LogP contribution in [0, 0.1) is 33.5 Å². The van der Waals surface area contributed by atoms with Crippen molar-refractivity contribution in [1.82, 2.24) is 0 Å². The van der Waals surface area contributed by atoms with Gasteiger partial charge in [0.05, 0.1) is 5.60 Å². The number of hydrogen-bond acceptors (Lipinski definition) is 1. The molecule has 0 aromatic carbocycles. The van der Waals surface area contributed by atoms with E-state index in [1.165, 1.54) is 114 Å². The number of fused-ring (bicyclic) bond motifs is 2. The van der Waals surface area contributed by atoms with E-state index in [2.05, 4.69) is 39.5 Å². The van der Waals surface area contributed by atoms with E-state index in [1.807, 2.05) is 0 Å². The lowest BCUT2D eigenvalue weighted by Gasteiger charge is -2.56. The molecule has 1 nitrogen and oxygen atoms in total. The van der Waals surface area contributed by atoms with Crippen LogP contribution in [0.3, 0.4) is 0 Å². The normalized spacial score (nSPS) is 42.7. The molecule has 5 fully saturated rings. The highest BCUT2D eigenvalue weighted by Crippen LogP contribution is 2.75. The third-order valence-electron chi connectivity index (χ3n) is 13.0. The van der Waals surface area contributed by atoms with Crippen molar-refractivity contribution in [2.75, 3.05) is 0 Å². The third-order valence-corrected chi connectivity index (χ3v) is 13.0. The van der Waals surface area contributed by atoms with Gasteiger partial charge in [-0.2, -0.15) is 0 Å². The molecule has 0 saturated heterocycles. The second-order valence-corrected chi connectivity index (χ2v) is 14.0. The highest BCUT2D eigenvalue weighted by atomic mass is 16.3. The fourth-order valence-corrected chi connectivity index (χ4v) is 11.1. The van der Waals surface area contributed by atoms with E-state index < -0.39 is 5.60 Å². The molecule has 6 rings (SSSR count). The zero-order chi connectivity index (χ0) is 23.1. The van der Waals surface area contributed by atoms with E-state index in [4.69, 9.17) is 0 Å². The first kappa shape index (κ1) is 22.6. The van der Waals surface area contributed by atoms with Crippen molar-refractivity contribution in [1.29, 1.82) is 0 Å². The largest absolute Gasteiger partial charge is 0.388 e. The molecule has 0 aromatic heterocycles. The van der Waals surface area contributed by atoms with E-state index in [0.29, 0.717) is 11.8 Å². The van der Waals surface area contributed by atoms with Crippen molar-refractivity contribution in [3.8, 4) is 0 Å². The molecule has 0 bridgehead atoms. The van der Waals surface area contributed by atoms with Crippen LogP contribution in [0.1, 0.15) is 124 Å². The Labute approximate surface area is 203 Å². The fraction of sp³-hybridized carbons (Fsp3) is 0.812. The van der Waals surface area contributed by atoms with Crippen LogP contribution >= 0.6 is 0 Å². The lowest BCUT2D eigenvalue weighted by atomic mass is 9.49. The average Bonchev–Trinajstić information content (AvgIpc) is 3.58. The monoisotopic (exact) mass is 448 g/mol. The zero-order valence-corrected chi connectivity index (χ0v) is 21.8. The minimum atomic E-state index is -0.411. The molecule has 33 heavy (non-hydrogen) atoms. The molecular weight excluding hydrogens is 400 g/mol. The second-order valence-electron chi connectivity index (χ2n) is 14.0. The first-order chi connectivity index (χ1) is 15.7. The minimum absolute atomic E-state index is 0.235. The molecule has 6 aliphatic carbocycles. The summed E-state index contributed by atoms with van der Waals surface area (Å²) in [5.41, 5.74) is 5.21. The Hall–Kier alpha value is -0.820. The van der Waals surface area contributed by atoms with E-state index >= 15 is 0 Å². The minimum Gasteiger partial charge on any atom is -0.388 e. The summed E-state index contributed by atoms with van der Waals surface area (Å²) >= 11 is 0. The predicted octanol–water partition coefficient (Wildman–Crippen LogP) is 8.69. The van der Waals surface area contributed by atoms with Crippen LogP contribution in [-0.2, 0) is 0 Å². The van der Waals surface area contributed by atoms with Crippen LogP contribution in [0.15, 0.2) is 35.5 Å². The molecular formula is C32H48O.